The molecule has 1 aromatic heterocycles. The molecule has 0 aliphatic rings. The number of benzene rings is 1. The zero-order chi connectivity index (χ0) is 17.4. The van der Waals surface area contributed by atoms with Crippen LogP contribution < -0.4 is 15.4 Å². The number of guanidine groups is 1. The van der Waals surface area contributed by atoms with Crippen molar-refractivity contribution in [2.24, 2.45) is 4.99 Å². The van der Waals surface area contributed by atoms with Gasteiger partial charge in [-0.05, 0) is 26.0 Å². The van der Waals surface area contributed by atoms with Crippen molar-refractivity contribution in [3.8, 4) is 5.75 Å². The van der Waals surface area contributed by atoms with E-state index in [9.17, 15) is 8.78 Å². The molecule has 25 heavy (non-hydrogen) atoms. The summed E-state index contributed by atoms with van der Waals surface area (Å²) in [4.78, 5) is 9.86. The van der Waals surface area contributed by atoms with Crippen LogP contribution in [0.4, 0.5) is 8.78 Å². The van der Waals surface area contributed by atoms with E-state index in [1.807, 2.05) is 20.0 Å². The molecule has 0 spiro atoms. The van der Waals surface area contributed by atoms with Crippen LogP contribution in [0.1, 0.15) is 16.8 Å². The first-order chi connectivity index (χ1) is 11.6. The SMILES string of the molecule is CCNC(=NCc1ncc(C)s1)NCCOc1ccc(F)c(F)c1.I. The number of rotatable bonds is 7. The van der Waals surface area contributed by atoms with Gasteiger partial charge in [0.25, 0.3) is 0 Å². The number of halogens is 3. The summed E-state index contributed by atoms with van der Waals surface area (Å²) < 4.78 is 31.3. The van der Waals surface area contributed by atoms with Crippen molar-refractivity contribution >= 4 is 41.3 Å². The molecule has 0 saturated carbocycles. The molecule has 0 aliphatic heterocycles. The minimum Gasteiger partial charge on any atom is -0.492 e. The third-order valence-electron chi connectivity index (χ3n) is 2.94. The normalized spacial score (nSPS) is 11.0. The smallest absolute Gasteiger partial charge is 0.191 e. The Labute approximate surface area is 166 Å². The van der Waals surface area contributed by atoms with Crippen molar-refractivity contribution in [1.82, 2.24) is 15.6 Å². The fourth-order valence-corrected chi connectivity index (χ4v) is 2.58. The summed E-state index contributed by atoms with van der Waals surface area (Å²) >= 11 is 1.61. The van der Waals surface area contributed by atoms with Crippen molar-refractivity contribution in [3.05, 3.63) is 45.9 Å². The second kappa shape index (κ2) is 11.2. The standard InChI is InChI=1S/C16H20F2N4OS.HI/c1-3-19-16(22-10-15-21-9-11(2)24-15)20-6-7-23-12-4-5-13(17)14(18)8-12;/h4-5,8-9H,3,6-7,10H2,1-2H3,(H2,19,20,22);1H. The van der Waals surface area contributed by atoms with Crippen LogP contribution in [0.25, 0.3) is 0 Å². The molecule has 0 aliphatic carbocycles. The van der Waals surface area contributed by atoms with Gasteiger partial charge >= 0.3 is 0 Å². The molecule has 0 unspecified atom stereocenters. The number of aryl methyl sites for hydroxylation is 1. The van der Waals surface area contributed by atoms with Gasteiger partial charge in [-0.25, -0.2) is 18.8 Å². The Bertz CT molecular complexity index is 697. The minimum absolute atomic E-state index is 0. The van der Waals surface area contributed by atoms with E-state index in [1.165, 1.54) is 6.07 Å². The molecular formula is C16H21F2IN4OS. The van der Waals surface area contributed by atoms with Gasteiger partial charge in [0.05, 0.1) is 13.1 Å². The van der Waals surface area contributed by atoms with E-state index < -0.39 is 11.6 Å². The molecule has 138 valence electrons. The molecule has 2 N–H and O–H groups in total. The molecule has 0 bridgehead atoms. The van der Waals surface area contributed by atoms with Gasteiger partial charge in [0.15, 0.2) is 17.6 Å². The largest absolute Gasteiger partial charge is 0.492 e. The molecule has 0 amide bonds. The first-order valence-electron chi connectivity index (χ1n) is 7.60. The van der Waals surface area contributed by atoms with E-state index in [0.717, 1.165) is 28.6 Å². The van der Waals surface area contributed by atoms with Crippen molar-refractivity contribution in [1.29, 1.82) is 0 Å². The maximum atomic E-state index is 13.1. The van der Waals surface area contributed by atoms with Gasteiger partial charge in [0.1, 0.15) is 17.4 Å². The molecule has 1 aromatic carbocycles. The Hall–Kier alpha value is -1.49. The van der Waals surface area contributed by atoms with Crippen LogP contribution in [0.5, 0.6) is 5.75 Å². The molecule has 5 nitrogen and oxygen atoms in total. The number of aromatic nitrogens is 1. The van der Waals surface area contributed by atoms with Crippen molar-refractivity contribution in [2.45, 2.75) is 20.4 Å². The second-order valence-electron chi connectivity index (χ2n) is 4.91. The maximum Gasteiger partial charge on any atom is 0.191 e. The first kappa shape index (κ1) is 21.6. The number of aliphatic imine (C=N–C) groups is 1. The molecule has 0 atom stereocenters. The van der Waals surface area contributed by atoms with Gasteiger partial charge in [-0.15, -0.1) is 35.3 Å². The highest BCUT2D eigenvalue weighted by atomic mass is 127. The van der Waals surface area contributed by atoms with Crippen LogP contribution in [0, 0.1) is 18.6 Å². The fraction of sp³-hybridized carbons (Fsp3) is 0.375. The van der Waals surface area contributed by atoms with E-state index in [2.05, 4.69) is 20.6 Å². The van der Waals surface area contributed by atoms with Crippen LogP contribution in [0.3, 0.4) is 0 Å². The third-order valence-corrected chi connectivity index (χ3v) is 3.84. The predicted molar refractivity (Wildman–Crippen MR) is 107 cm³/mol. The number of nitrogens with zero attached hydrogens (tertiary/aromatic N) is 2. The van der Waals surface area contributed by atoms with E-state index in [0.29, 0.717) is 25.7 Å². The molecule has 0 radical (unpaired) electrons. The van der Waals surface area contributed by atoms with Crippen LogP contribution in [-0.4, -0.2) is 30.6 Å². The lowest BCUT2D eigenvalue weighted by Crippen LogP contribution is -2.39. The van der Waals surface area contributed by atoms with Crippen molar-refractivity contribution < 1.29 is 13.5 Å². The Morgan fingerprint density at radius 1 is 1.28 bits per heavy atom. The van der Waals surface area contributed by atoms with Gasteiger partial charge in [-0.1, -0.05) is 0 Å². The van der Waals surface area contributed by atoms with Crippen molar-refractivity contribution in [2.75, 3.05) is 19.7 Å². The summed E-state index contributed by atoms with van der Waals surface area (Å²) in [6, 6.07) is 3.46. The summed E-state index contributed by atoms with van der Waals surface area (Å²) in [6.45, 7) is 5.98. The zero-order valence-corrected chi connectivity index (χ0v) is 17.2. The third kappa shape index (κ3) is 7.51. The Kier molecular flexibility index (Phi) is 9.65. The number of ether oxygens (including phenoxy) is 1. The molecular weight excluding hydrogens is 461 g/mol. The average Bonchev–Trinajstić information content (AvgIpc) is 2.98. The predicted octanol–water partition coefficient (Wildman–Crippen LogP) is 3.48. The van der Waals surface area contributed by atoms with Crippen LogP contribution in [-0.2, 0) is 6.54 Å². The van der Waals surface area contributed by atoms with Gasteiger partial charge in [-0.3, -0.25) is 0 Å². The summed E-state index contributed by atoms with van der Waals surface area (Å²) in [5, 5.41) is 7.19. The van der Waals surface area contributed by atoms with E-state index >= 15 is 0 Å². The Balaban J connectivity index is 0.00000312. The number of nitrogens with one attached hydrogen (secondary N) is 2. The van der Waals surface area contributed by atoms with Gasteiger partial charge in [0, 0.05) is 23.7 Å². The lowest BCUT2D eigenvalue weighted by molar-refractivity contribution is 0.318. The number of hydrogen-bond acceptors (Lipinski definition) is 4. The van der Waals surface area contributed by atoms with Gasteiger partial charge in [0.2, 0.25) is 0 Å². The van der Waals surface area contributed by atoms with Gasteiger partial charge in [-0.2, -0.15) is 0 Å². The summed E-state index contributed by atoms with van der Waals surface area (Å²) in [7, 11) is 0. The fourth-order valence-electron chi connectivity index (χ4n) is 1.87. The lowest BCUT2D eigenvalue weighted by Gasteiger charge is -2.12. The summed E-state index contributed by atoms with van der Waals surface area (Å²) in [5.74, 6) is -0.872. The highest BCUT2D eigenvalue weighted by molar-refractivity contribution is 14.0. The van der Waals surface area contributed by atoms with E-state index in [-0.39, 0.29) is 29.7 Å². The van der Waals surface area contributed by atoms with E-state index in [4.69, 9.17) is 4.74 Å². The number of thiazole rings is 1. The first-order valence-corrected chi connectivity index (χ1v) is 8.41. The molecule has 2 aromatic rings. The second-order valence-corrected chi connectivity index (χ2v) is 6.23. The summed E-state index contributed by atoms with van der Waals surface area (Å²) in [6.07, 6.45) is 1.82. The average molecular weight is 482 g/mol. The molecule has 0 saturated heterocycles. The monoisotopic (exact) mass is 482 g/mol. The van der Waals surface area contributed by atoms with Crippen LogP contribution in [0.15, 0.2) is 29.4 Å². The highest BCUT2D eigenvalue weighted by Crippen LogP contribution is 2.15. The Morgan fingerprint density at radius 3 is 2.72 bits per heavy atom. The molecule has 1 heterocycles. The molecule has 2 rings (SSSR count). The zero-order valence-electron chi connectivity index (χ0n) is 14.0. The van der Waals surface area contributed by atoms with Gasteiger partial charge < -0.3 is 15.4 Å². The molecule has 9 heteroatoms. The Morgan fingerprint density at radius 2 is 2.08 bits per heavy atom. The lowest BCUT2D eigenvalue weighted by atomic mass is 10.3. The van der Waals surface area contributed by atoms with Crippen LogP contribution in [0.2, 0.25) is 0 Å². The summed E-state index contributed by atoms with van der Waals surface area (Å²) in [5.41, 5.74) is 0. The van der Waals surface area contributed by atoms with E-state index in [1.54, 1.807) is 11.3 Å². The minimum atomic E-state index is -0.922. The number of hydrogen-bond donors (Lipinski definition) is 2. The maximum absolute atomic E-state index is 13.1. The molecule has 0 fully saturated rings. The highest BCUT2D eigenvalue weighted by Gasteiger charge is 2.04. The van der Waals surface area contributed by atoms with Crippen molar-refractivity contribution in [3.63, 3.8) is 0 Å². The van der Waals surface area contributed by atoms with Crippen LogP contribution >= 0.6 is 35.3 Å². The quantitative estimate of drug-likeness (QED) is 0.275. The topological polar surface area (TPSA) is 58.5 Å².